The van der Waals surface area contributed by atoms with Crippen LogP contribution in [-0.2, 0) is 18.3 Å². The molecule has 0 atom stereocenters. The summed E-state index contributed by atoms with van der Waals surface area (Å²) in [6.07, 6.45) is 0. The Balaban J connectivity index is 1.60. The minimum atomic E-state index is -0.149. The third-order valence-corrected chi connectivity index (χ3v) is 6.82. The number of rotatable bonds is 4. The van der Waals surface area contributed by atoms with Crippen LogP contribution in [0.15, 0.2) is 39.9 Å². The van der Waals surface area contributed by atoms with Gasteiger partial charge in [-0.3, -0.25) is 19.2 Å². The molecule has 0 N–H and O–H groups in total. The standard InChI is InChI=1S/C21H23N5O3S/c1-14-19-16(13-18(27)25(14)8-7-24-9-11-29-12-10-24)23(2)26(20(19)28)21-22-15-5-3-4-6-17(15)30-21/h3-6,13H,7-12H2,1-2H3. The highest BCUT2D eigenvalue weighted by Crippen LogP contribution is 2.25. The monoisotopic (exact) mass is 425 g/mol. The molecule has 4 aromatic rings. The van der Waals surface area contributed by atoms with Crippen LogP contribution in [0.4, 0.5) is 0 Å². The second-order valence-electron chi connectivity index (χ2n) is 7.54. The summed E-state index contributed by atoms with van der Waals surface area (Å²) in [7, 11) is 1.80. The first-order valence-electron chi connectivity index (χ1n) is 10.0. The first-order chi connectivity index (χ1) is 14.5. The van der Waals surface area contributed by atoms with Gasteiger partial charge in [-0.05, 0) is 19.1 Å². The van der Waals surface area contributed by atoms with Gasteiger partial charge in [0.1, 0.15) is 0 Å². The number of benzene rings is 1. The van der Waals surface area contributed by atoms with Gasteiger partial charge >= 0.3 is 0 Å². The van der Waals surface area contributed by atoms with E-state index in [0.29, 0.717) is 28.3 Å². The van der Waals surface area contributed by atoms with Gasteiger partial charge in [0.25, 0.3) is 11.1 Å². The number of morpholine rings is 1. The molecule has 5 rings (SSSR count). The highest BCUT2D eigenvalue weighted by atomic mass is 32.1. The number of hydrogen-bond acceptors (Lipinski definition) is 6. The molecule has 1 fully saturated rings. The average Bonchev–Trinajstić information content (AvgIpc) is 3.27. The van der Waals surface area contributed by atoms with Crippen molar-refractivity contribution < 1.29 is 4.74 Å². The molecule has 4 heterocycles. The molecule has 0 spiro atoms. The zero-order chi connectivity index (χ0) is 20.8. The highest BCUT2D eigenvalue weighted by molar-refractivity contribution is 7.20. The fourth-order valence-electron chi connectivity index (χ4n) is 4.13. The van der Waals surface area contributed by atoms with Crippen molar-refractivity contribution in [3.63, 3.8) is 0 Å². The number of ether oxygens (including phenoxy) is 1. The Morgan fingerprint density at radius 2 is 1.90 bits per heavy atom. The Morgan fingerprint density at radius 3 is 2.67 bits per heavy atom. The van der Waals surface area contributed by atoms with Crippen molar-refractivity contribution >= 4 is 32.5 Å². The van der Waals surface area contributed by atoms with E-state index in [2.05, 4.69) is 9.88 Å². The van der Waals surface area contributed by atoms with Gasteiger partial charge in [-0.1, -0.05) is 23.5 Å². The molecule has 30 heavy (non-hydrogen) atoms. The van der Waals surface area contributed by atoms with Crippen LogP contribution in [0, 0.1) is 6.92 Å². The Bertz CT molecular complexity index is 1320. The summed E-state index contributed by atoms with van der Waals surface area (Å²) >= 11 is 1.46. The van der Waals surface area contributed by atoms with Crippen molar-refractivity contribution in [1.82, 2.24) is 23.8 Å². The maximum absolute atomic E-state index is 13.4. The minimum Gasteiger partial charge on any atom is -0.379 e. The van der Waals surface area contributed by atoms with Gasteiger partial charge in [0.15, 0.2) is 0 Å². The molecule has 1 aromatic carbocycles. The minimum absolute atomic E-state index is 0.0923. The number of para-hydroxylation sites is 1. The van der Waals surface area contributed by atoms with Crippen LogP contribution in [0.2, 0.25) is 0 Å². The summed E-state index contributed by atoms with van der Waals surface area (Å²) in [5.41, 5.74) is 1.95. The zero-order valence-corrected chi connectivity index (χ0v) is 17.8. The maximum atomic E-state index is 13.4. The molecule has 0 bridgehead atoms. The lowest BCUT2D eigenvalue weighted by Crippen LogP contribution is -2.39. The van der Waals surface area contributed by atoms with Crippen molar-refractivity contribution in [2.75, 3.05) is 32.8 Å². The molecule has 0 radical (unpaired) electrons. The number of fused-ring (bicyclic) bond motifs is 2. The number of aryl methyl sites for hydroxylation is 2. The van der Waals surface area contributed by atoms with Crippen molar-refractivity contribution in [3.8, 4) is 5.13 Å². The van der Waals surface area contributed by atoms with E-state index < -0.39 is 0 Å². The number of aromatic nitrogens is 4. The van der Waals surface area contributed by atoms with Crippen molar-refractivity contribution in [2.24, 2.45) is 7.05 Å². The van der Waals surface area contributed by atoms with Crippen molar-refractivity contribution in [2.45, 2.75) is 13.5 Å². The fraction of sp³-hybridized carbons (Fsp3) is 0.381. The van der Waals surface area contributed by atoms with Crippen molar-refractivity contribution in [1.29, 1.82) is 0 Å². The summed E-state index contributed by atoms with van der Waals surface area (Å²) in [5, 5.41) is 1.17. The Hall–Kier alpha value is -2.75. The van der Waals surface area contributed by atoms with Crippen LogP contribution in [0.25, 0.3) is 26.3 Å². The largest absolute Gasteiger partial charge is 0.379 e. The Morgan fingerprint density at radius 1 is 1.13 bits per heavy atom. The van der Waals surface area contributed by atoms with Crippen LogP contribution in [0.1, 0.15) is 5.69 Å². The first-order valence-corrected chi connectivity index (χ1v) is 10.8. The van der Waals surface area contributed by atoms with Crippen LogP contribution in [0.5, 0.6) is 0 Å². The molecule has 0 amide bonds. The van der Waals surface area contributed by atoms with Gasteiger partial charge in [0.2, 0.25) is 5.13 Å². The Labute approximate surface area is 176 Å². The van der Waals surface area contributed by atoms with Gasteiger partial charge < -0.3 is 9.30 Å². The number of hydrogen-bond donors (Lipinski definition) is 0. The highest BCUT2D eigenvalue weighted by Gasteiger charge is 2.20. The van der Waals surface area contributed by atoms with E-state index in [1.54, 1.807) is 27.0 Å². The quantitative estimate of drug-likeness (QED) is 0.498. The summed E-state index contributed by atoms with van der Waals surface area (Å²) in [6.45, 7) is 6.34. The molecule has 9 heteroatoms. The number of pyridine rings is 1. The summed E-state index contributed by atoms with van der Waals surface area (Å²) in [5.74, 6) is 0. The van der Waals surface area contributed by atoms with E-state index in [1.165, 1.54) is 11.3 Å². The van der Waals surface area contributed by atoms with E-state index in [1.807, 2.05) is 31.2 Å². The van der Waals surface area contributed by atoms with Gasteiger partial charge in [-0.25, -0.2) is 4.98 Å². The third-order valence-electron chi connectivity index (χ3n) is 5.81. The lowest BCUT2D eigenvalue weighted by atomic mass is 10.2. The number of nitrogens with zero attached hydrogens (tertiary/aromatic N) is 5. The van der Waals surface area contributed by atoms with E-state index >= 15 is 0 Å². The van der Waals surface area contributed by atoms with Gasteiger partial charge in [-0.15, -0.1) is 0 Å². The lowest BCUT2D eigenvalue weighted by Gasteiger charge is -2.27. The smallest absolute Gasteiger partial charge is 0.283 e. The van der Waals surface area contributed by atoms with Crippen LogP contribution < -0.4 is 11.1 Å². The molecule has 8 nitrogen and oxygen atoms in total. The van der Waals surface area contributed by atoms with Crippen LogP contribution in [-0.4, -0.2) is 56.7 Å². The molecule has 1 saturated heterocycles. The molecule has 0 aliphatic carbocycles. The topological polar surface area (TPSA) is 74.3 Å². The van der Waals surface area contributed by atoms with Crippen LogP contribution >= 0.6 is 11.3 Å². The summed E-state index contributed by atoms with van der Waals surface area (Å²) < 4.78 is 11.4. The SMILES string of the molecule is Cc1c2c(=O)n(-c3nc4ccccc4s3)n(C)c2cc(=O)n1CCN1CCOCC1. The molecule has 1 aliphatic heterocycles. The predicted octanol–water partition coefficient (Wildman–Crippen LogP) is 1.74. The van der Waals surface area contributed by atoms with E-state index in [4.69, 9.17) is 4.74 Å². The van der Waals surface area contributed by atoms with Crippen molar-refractivity contribution in [3.05, 3.63) is 56.7 Å². The molecular weight excluding hydrogens is 402 g/mol. The normalized spacial score (nSPS) is 15.4. The third kappa shape index (κ3) is 3.10. The molecule has 0 saturated carbocycles. The zero-order valence-electron chi connectivity index (χ0n) is 17.0. The summed E-state index contributed by atoms with van der Waals surface area (Å²) in [4.78, 5) is 33.2. The second-order valence-corrected chi connectivity index (χ2v) is 8.55. The maximum Gasteiger partial charge on any atom is 0.283 e. The van der Waals surface area contributed by atoms with E-state index in [0.717, 1.165) is 43.1 Å². The van der Waals surface area contributed by atoms with Gasteiger partial charge in [0.05, 0.1) is 34.3 Å². The Kier molecular flexibility index (Phi) is 4.80. The van der Waals surface area contributed by atoms with Gasteiger partial charge in [-0.2, -0.15) is 4.68 Å². The summed E-state index contributed by atoms with van der Waals surface area (Å²) in [6, 6.07) is 9.38. The fourth-order valence-corrected chi connectivity index (χ4v) is 5.13. The van der Waals surface area contributed by atoms with Crippen LogP contribution in [0.3, 0.4) is 0 Å². The van der Waals surface area contributed by atoms with Gasteiger partial charge in [0, 0.05) is 45.0 Å². The first kappa shape index (κ1) is 19.2. The molecule has 1 aliphatic rings. The number of thiazole rings is 1. The average molecular weight is 426 g/mol. The molecule has 156 valence electrons. The van der Waals surface area contributed by atoms with E-state index in [9.17, 15) is 9.59 Å². The molecule has 0 unspecified atom stereocenters. The lowest BCUT2D eigenvalue weighted by molar-refractivity contribution is 0.0362. The molecular formula is C21H23N5O3S. The second kappa shape index (κ2) is 7.50. The van der Waals surface area contributed by atoms with E-state index in [-0.39, 0.29) is 11.1 Å². The predicted molar refractivity (Wildman–Crippen MR) is 118 cm³/mol. The molecule has 3 aromatic heterocycles.